The summed E-state index contributed by atoms with van der Waals surface area (Å²) < 4.78 is 14.7. The molecule has 106 valence electrons. The Bertz CT molecular complexity index is 821. The number of anilines is 1. The number of carbonyl (C=O) groups is 1. The molecule has 0 fully saturated rings. The summed E-state index contributed by atoms with van der Waals surface area (Å²) in [5.41, 5.74) is 8.81. The van der Waals surface area contributed by atoms with Crippen molar-refractivity contribution in [3.8, 4) is 11.3 Å². The second kappa shape index (κ2) is 5.01. The predicted octanol–water partition coefficient (Wildman–Crippen LogP) is 3.32. The maximum atomic E-state index is 13.1. The van der Waals surface area contributed by atoms with Gasteiger partial charge in [-0.15, -0.1) is 0 Å². The summed E-state index contributed by atoms with van der Waals surface area (Å²) in [6.45, 7) is 1.80. The van der Waals surface area contributed by atoms with E-state index in [-0.39, 0.29) is 11.6 Å². The van der Waals surface area contributed by atoms with E-state index in [2.05, 4.69) is 5.10 Å². The zero-order valence-corrected chi connectivity index (χ0v) is 11.5. The molecule has 0 saturated heterocycles. The number of halogens is 1. The van der Waals surface area contributed by atoms with Crippen LogP contribution in [0.4, 0.5) is 10.1 Å². The molecule has 3 rings (SSSR count). The van der Waals surface area contributed by atoms with Crippen LogP contribution in [-0.4, -0.2) is 15.4 Å². The zero-order chi connectivity index (χ0) is 15.0. The van der Waals surface area contributed by atoms with Crippen LogP contribution in [0, 0.1) is 5.82 Å². The standard InChI is InChI=1S/C16H14FN3O/c1-2-14(21)15-13-9-12(18)7-8-20(13)19-16(15)10-3-5-11(17)6-4-10/h3-9H,2,18H2,1H3. The minimum absolute atomic E-state index is 0.0186. The molecule has 0 aliphatic carbocycles. The van der Waals surface area contributed by atoms with Gasteiger partial charge >= 0.3 is 0 Å². The van der Waals surface area contributed by atoms with Gasteiger partial charge in [0.05, 0.1) is 11.1 Å². The van der Waals surface area contributed by atoms with Gasteiger partial charge in [0.15, 0.2) is 5.78 Å². The molecule has 2 heterocycles. The minimum atomic E-state index is -0.324. The molecule has 2 aromatic heterocycles. The fraction of sp³-hybridized carbons (Fsp3) is 0.125. The molecule has 0 saturated carbocycles. The second-order valence-electron chi connectivity index (χ2n) is 4.80. The highest BCUT2D eigenvalue weighted by Gasteiger charge is 2.19. The van der Waals surface area contributed by atoms with Crippen LogP contribution in [0.1, 0.15) is 23.7 Å². The number of benzene rings is 1. The average Bonchev–Trinajstić information content (AvgIpc) is 2.85. The van der Waals surface area contributed by atoms with Gasteiger partial charge in [-0.05, 0) is 36.4 Å². The van der Waals surface area contributed by atoms with Crippen molar-refractivity contribution < 1.29 is 9.18 Å². The summed E-state index contributed by atoms with van der Waals surface area (Å²) in [6, 6.07) is 9.39. The highest BCUT2D eigenvalue weighted by atomic mass is 19.1. The number of hydrogen-bond acceptors (Lipinski definition) is 3. The number of carbonyl (C=O) groups excluding carboxylic acids is 1. The van der Waals surface area contributed by atoms with E-state index in [9.17, 15) is 9.18 Å². The molecule has 0 spiro atoms. The van der Waals surface area contributed by atoms with Gasteiger partial charge in [-0.2, -0.15) is 5.10 Å². The van der Waals surface area contributed by atoms with E-state index < -0.39 is 0 Å². The fourth-order valence-corrected chi connectivity index (χ4v) is 2.32. The molecule has 5 heteroatoms. The Balaban J connectivity index is 2.30. The summed E-state index contributed by atoms with van der Waals surface area (Å²) in [5.74, 6) is -0.343. The third-order valence-corrected chi connectivity index (χ3v) is 3.38. The number of nitrogens with two attached hydrogens (primary N) is 1. The van der Waals surface area contributed by atoms with Crippen LogP contribution < -0.4 is 5.73 Å². The molecule has 2 N–H and O–H groups in total. The molecule has 4 nitrogen and oxygen atoms in total. The maximum absolute atomic E-state index is 13.1. The van der Waals surface area contributed by atoms with Crippen LogP contribution in [0.25, 0.3) is 16.8 Å². The zero-order valence-electron chi connectivity index (χ0n) is 11.5. The van der Waals surface area contributed by atoms with E-state index in [4.69, 9.17) is 5.73 Å². The molecule has 0 aliphatic rings. The maximum Gasteiger partial charge on any atom is 0.167 e. The summed E-state index contributed by atoms with van der Waals surface area (Å²) in [7, 11) is 0. The number of nitrogen functional groups attached to an aromatic ring is 1. The molecule has 1 aromatic carbocycles. The molecule has 0 radical (unpaired) electrons. The first kappa shape index (κ1) is 13.3. The molecular weight excluding hydrogens is 269 g/mol. The van der Waals surface area contributed by atoms with Gasteiger partial charge in [-0.25, -0.2) is 8.91 Å². The summed E-state index contributed by atoms with van der Waals surface area (Å²) in [6.07, 6.45) is 2.08. The SMILES string of the molecule is CCC(=O)c1c(-c2ccc(F)cc2)nn2ccc(N)cc12. The van der Waals surface area contributed by atoms with Crippen LogP contribution in [0.15, 0.2) is 42.6 Å². The lowest BCUT2D eigenvalue weighted by Crippen LogP contribution is -1.99. The molecule has 0 unspecified atom stereocenters. The molecule has 3 aromatic rings. The second-order valence-corrected chi connectivity index (χ2v) is 4.80. The number of pyridine rings is 1. The van der Waals surface area contributed by atoms with Crippen LogP contribution >= 0.6 is 0 Å². The minimum Gasteiger partial charge on any atom is -0.399 e. The largest absolute Gasteiger partial charge is 0.399 e. The quantitative estimate of drug-likeness (QED) is 0.750. The van der Waals surface area contributed by atoms with Gasteiger partial charge in [-0.1, -0.05) is 6.92 Å². The average molecular weight is 283 g/mol. The monoisotopic (exact) mass is 283 g/mol. The Labute approximate surface area is 121 Å². The Hall–Kier alpha value is -2.69. The van der Waals surface area contributed by atoms with Gasteiger partial charge in [0.25, 0.3) is 0 Å². The van der Waals surface area contributed by atoms with Gasteiger partial charge in [0.1, 0.15) is 11.5 Å². The third kappa shape index (κ3) is 2.27. The predicted molar refractivity (Wildman–Crippen MR) is 79.6 cm³/mol. The number of nitrogens with zero attached hydrogens (tertiary/aromatic N) is 2. The van der Waals surface area contributed by atoms with E-state index in [0.29, 0.717) is 34.4 Å². The molecule has 0 amide bonds. The van der Waals surface area contributed by atoms with Crippen molar-refractivity contribution in [1.82, 2.24) is 9.61 Å². The van der Waals surface area contributed by atoms with Crippen molar-refractivity contribution in [3.05, 3.63) is 54.0 Å². The van der Waals surface area contributed by atoms with E-state index in [1.54, 1.807) is 41.9 Å². The van der Waals surface area contributed by atoms with Gasteiger partial charge in [0, 0.05) is 23.9 Å². The smallest absolute Gasteiger partial charge is 0.167 e. The van der Waals surface area contributed by atoms with Crippen LogP contribution in [0.2, 0.25) is 0 Å². The van der Waals surface area contributed by atoms with Crippen LogP contribution in [0.3, 0.4) is 0 Å². The highest BCUT2D eigenvalue weighted by Crippen LogP contribution is 2.28. The first-order chi connectivity index (χ1) is 10.1. The van der Waals surface area contributed by atoms with Crippen molar-refractivity contribution in [2.24, 2.45) is 0 Å². The number of rotatable bonds is 3. The number of ketones is 1. The molecule has 21 heavy (non-hydrogen) atoms. The van der Waals surface area contributed by atoms with Crippen molar-refractivity contribution in [2.45, 2.75) is 13.3 Å². The first-order valence-electron chi connectivity index (χ1n) is 6.67. The lowest BCUT2D eigenvalue weighted by molar-refractivity contribution is 0.0990. The number of fused-ring (bicyclic) bond motifs is 1. The fourth-order valence-electron chi connectivity index (χ4n) is 2.32. The van der Waals surface area contributed by atoms with Gasteiger partial charge < -0.3 is 5.73 Å². The summed E-state index contributed by atoms with van der Waals surface area (Å²) in [5, 5.41) is 4.44. The Morgan fingerprint density at radius 2 is 2.00 bits per heavy atom. The Kier molecular flexibility index (Phi) is 3.17. The van der Waals surface area contributed by atoms with E-state index >= 15 is 0 Å². The number of Topliss-reactive ketones (excluding diaryl/α,β-unsaturated/α-hetero) is 1. The van der Waals surface area contributed by atoms with Crippen molar-refractivity contribution in [2.75, 3.05) is 5.73 Å². The van der Waals surface area contributed by atoms with Crippen molar-refractivity contribution in [3.63, 3.8) is 0 Å². The van der Waals surface area contributed by atoms with Crippen LogP contribution in [-0.2, 0) is 0 Å². The van der Waals surface area contributed by atoms with E-state index in [0.717, 1.165) is 0 Å². The topological polar surface area (TPSA) is 60.4 Å². The highest BCUT2D eigenvalue weighted by molar-refractivity contribution is 6.07. The lowest BCUT2D eigenvalue weighted by Gasteiger charge is -2.01. The normalized spacial score (nSPS) is 11.0. The Morgan fingerprint density at radius 3 is 2.67 bits per heavy atom. The number of aromatic nitrogens is 2. The van der Waals surface area contributed by atoms with Gasteiger partial charge in [0.2, 0.25) is 0 Å². The number of hydrogen-bond donors (Lipinski definition) is 1. The lowest BCUT2D eigenvalue weighted by atomic mass is 10.0. The third-order valence-electron chi connectivity index (χ3n) is 3.38. The summed E-state index contributed by atoms with van der Waals surface area (Å²) in [4.78, 5) is 12.3. The molecule has 0 bridgehead atoms. The molecule has 0 aliphatic heterocycles. The van der Waals surface area contributed by atoms with Crippen molar-refractivity contribution in [1.29, 1.82) is 0 Å². The Morgan fingerprint density at radius 1 is 1.29 bits per heavy atom. The van der Waals surface area contributed by atoms with E-state index in [1.165, 1.54) is 12.1 Å². The van der Waals surface area contributed by atoms with Crippen molar-refractivity contribution >= 4 is 17.0 Å². The van der Waals surface area contributed by atoms with Crippen LogP contribution in [0.5, 0.6) is 0 Å². The molecular formula is C16H14FN3O. The summed E-state index contributed by atoms with van der Waals surface area (Å²) >= 11 is 0. The molecule has 0 atom stereocenters. The first-order valence-corrected chi connectivity index (χ1v) is 6.67. The van der Waals surface area contributed by atoms with E-state index in [1.807, 2.05) is 0 Å². The van der Waals surface area contributed by atoms with Gasteiger partial charge in [-0.3, -0.25) is 4.79 Å².